The molecule has 2 aliphatic carbocycles. The normalized spacial score (nSPS) is 22.6. The second-order valence-corrected chi connectivity index (χ2v) is 6.68. The van der Waals surface area contributed by atoms with Crippen molar-refractivity contribution in [3.63, 3.8) is 0 Å². The first-order chi connectivity index (χ1) is 10.2. The van der Waals surface area contributed by atoms with E-state index in [-0.39, 0.29) is 11.9 Å². The lowest BCUT2D eigenvalue weighted by molar-refractivity contribution is -0.122. The van der Waals surface area contributed by atoms with E-state index in [2.05, 4.69) is 11.4 Å². The monoisotopic (exact) mass is 286 g/mol. The van der Waals surface area contributed by atoms with Crippen LogP contribution in [0, 0.1) is 5.92 Å². The van der Waals surface area contributed by atoms with Crippen LogP contribution in [0.1, 0.15) is 68.5 Å². The predicted octanol–water partition coefficient (Wildman–Crippen LogP) is 3.73. The van der Waals surface area contributed by atoms with E-state index in [1.54, 1.807) is 0 Å². The van der Waals surface area contributed by atoms with Gasteiger partial charge in [0.25, 0.3) is 0 Å². The van der Waals surface area contributed by atoms with Gasteiger partial charge in [-0.05, 0) is 54.9 Å². The Morgan fingerprint density at radius 2 is 1.90 bits per heavy atom. The number of aryl methyl sites for hydroxylation is 1. The van der Waals surface area contributed by atoms with Crippen LogP contribution >= 0.6 is 0 Å². The van der Waals surface area contributed by atoms with E-state index < -0.39 is 0 Å². The fourth-order valence-corrected chi connectivity index (χ4v) is 3.87. The molecule has 3 N–H and O–H groups in total. The van der Waals surface area contributed by atoms with Crippen molar-refractivity contribution in [3.8, 4) is 0 Å². The topological polar surface area (TPSA) is 55.1 Å². The Bertz CT molecular complexity index is 504. The zero-order chi connectivity index (χ0) is 14.7. The van der Waals surface area contributed by atoms with Gasteiger partial charge in [-0.1, -0.05) is 31.7 Å². The summed E-state index contributed by atoms with van der Waals surface area (Å²) in [5, 5.41) is 3.24. The van der Waals surface area contributed by atoms with Crippen LogP contribution in [0.25, 0.3) is 0 Å². The zero-order valence-electron chi connectivity index (χ0n) is 12.7. The number of nitrogens with one attached hydrogen (secondary N) is 1. The summed E-state index contributed by atoms with van der Waals surface area (Å²) in [6, 6.07) is 6.26. The van der Waals surface area contributed by atoms with Crippen molar-refractivity contribution in [2.75, 3.05) is 5.73 Å². The Hall–Kier alpha value is -1.51. The molecular formula is C18H26N2O. The summed E-state index contributed by atoms with van der Waals surface area (Å²) in [4.78, 5) is 12.3. The molecule has 1 amide bonds. The minimum atomic E-state index is 0.193. The molecule has 0 bridgehead atoms. The van der Waals surface area contributed by atoms with Crippen molar-refractivity contribution in [2.24, 2.45) is 5.92 Å². The SMILES string of the molecule is Nc1ccc2c(c1)CCC2NC(=O)CC1CCCCCC1. The van der Waals surface area contributed by atoms with Crippen LogP contribution in [0.5, 0.6) is 0 Å². The van der Waals surface area contributed by atoms with Crippen molar-refractivity contribution in [3.05, 3.63) is 29.3 Å². The highest BCUT2D eigenvalue weighted by Crippen LogP contribution is 2.33. The molecule has 1 saturated carbocycles. The number of benzene rings is 1. The second-order valence-electron chi connectivity index (χ2n) is 6.68. The van der Waals surface area contributed by atoms with Gasteiger partial charge in [0, 0.05) is 12.1 Å². The van der Waals surface area contributed by atoms with Crippen LogP contribution < -0.4 is 11.1 Å². The quantitative estimate of drug-likeness (QED) is 0.657. The third kappa shape index (κ3) is 3.58. The molecule has 3 heteroatoms. The highest BCUT2D eigenvalue weighted by Gasteiger charge is 2.25. The van der Waals surface area contributed by atoms with Crippen LogP contribution in [0.15, 0.2) is 18.2 Å². The molecule has 114 valence electrons. The van der Waals surface area contributed by atoms with Crippen LogP contribution in [0.3, 0.4) is 0 Å². The first-order valence-electron chi connectivity index (χ1n) is 8.40. The van der Waals surface area contributed by atoms with Crippen LogP contribution in [-0.2, 0) is 11.2 Å². The molecule has 0 aliphatic heterocycles. The van der Waals surface area contributed by atoms with Crippen LogP contribution in [-0.4, -0.2) is 5.91 Å². The predicted molar refractivity (Wildman–Crippen MR) is 85.9 cm³/mol. The van der Waals surface area contributed by atoms with Gasteiger partial charge in [0.05, 0.1) is 6.04 Å². The van der Waals surface area contributed by atoms with E-state index in [1.165, 1.54) is 49.7 Å². The van der Waals surface area contributed by atoms with Gasteiger partial charge in [0.15, 0.2) is 0 Å². The van der Waals surface area contributed by atoms with Crippen LogP contribution in [0.2, 0.25) is 0 Å². The van der Waals surface area contributed by atoms with E-state index >= 15 is 0 Å². The summed E-state index contributed by atoms with van der Waals surface area (Å²) in [6.07, 6.45) is 10.5. The number of anilines is 1. The van der Waals surface area contributed by atoms with Gasteiger partial charge in [0.2, 0.25) is 5.91 Å². The maximum Gasteiger partial charge on any atom is 0.220 e. The largest absolute Gasteiger partial charge is 0.399 e. The van der Waals surface area contributed by atoms with Crippen LogP contribution in [0.4, 0.5) is 5.69 Å². The average Bonchev–Trinajstić information content (AvgIpc) is 2.68. The fourth-order valence-electron chi connectivity index (χ4n) is 3.87. The maximum absolute atomic E-state index is 12.3. The minimum Gasteiger partial charge on any atom is -0.399 e. The molecule has 0 saturated heterocycles. The lowest BCUT2D eigenvalue weighted by atomic mass is 9.96. The molecule has 1 fully saturated rings. The highest BCUT2D eigenvalue weighted by atomic mass is 16.1. The molecule has 1 aromatic rings. The summed E-state index contributed by atoms with van der Waals surface area (Å²) in [7, 11) is 0. The van der Waals surface area contributed by atoms with Gasteiger partial charge in [-0.25, -0.2) is 0 Å². The van der Waals surface area contributed by atoms with Crippen molar-refractivity contribution in [1.82, 2.24) is 5.32 Å². The third-order valence-electron chi connectivity index (χ3n) is 5.03. The molecule has 2 aliphatic rings. The van der Waals surface area contributed by atoms with Gasteiger partial charge >= 0.3 is 0 Å². The van der Waals surface area contributed by atoms with Gasteiger partial charge in [-0.2, -0.15) is 0 Å². The van der Waals surface area contributed by atoms with E-state index in [4.69, 9.17) is 5.73 Å². The minimum absolute atomic E-state index is 0.193. The number of rotatable bonds is 3. The summed E-state index contributed by atoms with van der Waals surface area (Å²) in [5.41, 5.74) is 9.21. The standard InChI is InChI=1S/C18H26N2O/c19-15-8-9-16-14(12-15)7-10-17(16)20-18(21)11-13-5-3-1-2-4-6-13/h8-9,12-13,17H,1-7,10-11,19H2,(H,20,21). The van der Waals surface area contributed by atoms with E-state index in [9.17, 15) is 4.79 Å². The third-order valence-corrected chi connectivity index (χ3v) is 5.03. The molecule has 3 rings (SSSR count). The molecule has 0 spiro atoms. The molecule has 1 unspecified atom stereocenters. The van der Waals surface area contributed by atoms with Crippen molar-refractivity contribution >= 4 is 11.6 Å². The lowest BCUT2D eigenvalue weighted by Crippen LogP contribution is -2.28. The Balaban J connectivity index is 1.56. The van der Waals surface area contributed by atoms with E-state index in [0.29, 0.717) is 12.3 Å². The van der Waals surface area contributed by atoms with Gasteiger partial charge < -0.3 is 11.1 Å². The molecule has 0 heterocycles. The van der Waals surface area contributed by atoms with Crippen molar-refractivity contribution < 1.29 is 4.79 Å². The first kappa shape index (κ1) is 14.4. The van der Waals surface area contributed by atoms with E-state index in [0.717, 1.165) is 18.5 Å². The van der Waals surface area contributed by atoms with E-state index in [1.807, 2.05) is 12.1 Å². The van der Waals surface area contributed by atoms with Gasteiger partial charge in [-0.3, -0.25) is 4.79 Å². The molecule has 0 radical (unpaired) electrons. The molecule has 0 aromatic heterocycles. The maximum atomic E-state index is 12.3. The number of fused-ring (bicyclic) bond motifs is 1. The highest BCUT2D eigenvalue weighted by molar-refractivity contribution is 5.77. The van der Waals surface area contributed by atoms with Gasteiger partial charge in [-0.15, -0.1) is 0 Å². The zero-order valence-corrected chi connectivity index (χ0v) is 12.7. The molecule has 1 aromatic carbocycles. The number of nitrogen functional groups attached to an aromatic ring is 1. The summed E-state index contributed by atoms with van der Waals surface area (Å²) >= 11 is 0. The Morgan fingerprint density at radius 3 is 2.67 bits per heavy atom. The number of nitrogens with two attached hydrogens (primary N) is 1. The number of carbonyl (C=O) groups excluding carboxylic acids is 1. The first-order valence-corrected chi connectivity index (χ1v) is 8.40. The molecule has 21 heavy (non-hydrogen) atoms. The summed E-state index contributed by atoms with van der Waals surface area (Å²) in [5.74, 6) is 0.830. The average molecular weight is 286 g/mol. The van der Waals surface area contributed by atoms with Crippen molar-refractivity contribution in [1.29, 1.82) is 0 Å². The Kier molecular flexibility index (Phi) is 4.47. The summed E-state index contributed by atoms with van der Waals surface area (Å²) in [6.45, 7) is 0. The number of hydrogen-bond donors (Lipinski definition) is 2. The molecule has 3 nitrogen and oxygen atoms in total. The smallest absolute Gasteiger partial charge is 0.220 e. The Labute approximate surface area is 127 Å². The van der Waals surface area contributed by atoms with Crippen molar-refractivity contribution in [2.45, 2.75) is 63.8 Å². The lowest BCUT2D eigenvalue weighted by Gasteiger charge is -2.18. The Morgan fingerprint density at radius 1 is 1.14 bits per heavy atom. The number of hydrogen-bond acceptors (Lipinski definition) is 2. The summed E-state index contributed by atoms with van der Waals surface area (Å²) < 4.78 is 0. The fraction of sp³-hybridized carbons (Fsp3) is 0.611. The van der Waals surface area contributed by atoms with Gasteiger partial charge in [0.1, 0.15) is 0 Å². The molecular weight excluding hydrogens is 260 g/mol. The number of amides is 1. The molecule has 1 atom stereocenters. The second kappa shape index (κ2) is 6.50. The number of carbonyl (C=O) groups is 1.